The summed E-state index contributed by atoms with van der Waals surface area (Å²) in [5, 5.41) is 17.0. The Morgan fingerprint density at radius 2 is 1.86 bits per heavy atom. The second-order valence-electron chi connectivity index (χ2n) is 7.56. The van der Waals surface area contributed by atoms with Crippen molar-refractivity contribution in [1.29, 1.82) is 0 Å². The van der Waals surface area contributed by atoms with Crippen molar-refractivity contribution < 1.29 is 9.53 Å². The van der Waals surface area contributed by atoms with E-state index < -0.39 is 0 Å². The highest BCUT2D eigenvalue weighted by atomic mass is 32.2. The van der Waals surface area contributed by atoms with E-state index >= 15 is 0 Å². The summed E-state index contributed by atoms with van der Waals surface area (Å²) in [7, 11) is 0. The number of carbonyl (C=O) groups excluding carboxylic acids is 1. The highest BCUT2D eigenvalue weighted by Gasteiger charge is 2.18. The van der Waals surface area contributed by atoms with Crippen LogP contribution in [-0.4, -0.2) is 42.8 Å². The van der Waals surface area contributed by atoms with Gasteiger partial charge >= 0.3 is 0 Å². The first kappa shape index (κ1) is 23.6. The zero-order valence-corrected chi connectivity index (χ0v) is 20.9. The third-order valence-corrected chi connectivity index (χ3v) is 6.92. The van der Waals surface area contributed by atoms with Gasteiger partial charge in [-0.25, -0.2) is 4.68 Å². The van der Waals surface area contributed by atoms with Gasteiger partial charge in [0.15, 0.2) is 11.0 Å². The fourth-order valence-corrected chi connectivity index (χ4v) is 5.02. The number of para-hydroxylation sites is 1. The number of amides is 1. The molecular formula is C25H22N6O3S2. The molecule has 0 radical (unpaired) electrons. The van der Waals surface area contributed by atoms with E-state index in [4.69, 9.17) is 4.74 Å². The smallest absolute Gasteiger partial charge is 0.273 e. The zero-order valence-electron chi connectivity index (χ0n) is 19.2. The molecule has 2 aromatic carbocycles. The van der Waals surface area contributed by atoms with Crippen molar-refractivity contribution in [2.24, 2.45) is 0 Å². The molecule has 3 aromatic heterocycles. The number of anilines is 1. The second-order valence-corrected chi connectivity index (χ2v) is 9.45. The largest absolute Gasteiger partial charge is 0.494 e. The van der Waals surface area contributed by atoms with Crippen molar-refractivity contribution in [3.63, 3.8) is 0 Å². The number of aromatic amines is 1. The maximum absolute atomic E-state index is 12.7. The summed E-state index contributed by atoms with van der Waals surface area (Å²) in [5.41, 5.74) is 1.28. The molecule has 5 rings (SSSR count). The predicted octanol–water partition coefficient (Wildman–Crippen LogP) is 4.60. The molecule has 5 aromatic rings. The Morgan fingerprint density at radius 1 is 1.06 bits per heavy atom. The molecule has 0 atom stereocenters. The molecule has 3 heterocycles. The van der Waals surface area contributed by atoms with Crippen molar-refractivity contribution in [3.05, 3.63) is 88.5 Å². The average Bonchev–Trinajstić information content (AvgIpc) is 3.64. The number of thioether (sulfide) groups is 1. The number of hydrogen-bond donors (Lipinski definition) is 2. The SMILES string of the molecule is CCOc1ccc(-n2c(SCC(=O)Nc3cc(=O)n(-c4ccccc4)[nH]3)nnc2-c2cccs2)cc1. The predicted molar refractivity (Wildman–Crippen MR) is 142 cm³/mol. The molecule has 9 nitrogen and oxygen atoms in total. The maximum atomic E-state index is 12.7. The highest BCUT2D eigenvalue weighted by molar-refractivity contribution is 7.99. The van der Waals surface area contributed by atoms with E-state index in [1.807, 2.05) is 71.5 Å². The molecule has 0 bridgehead atoms. The topological polar surface area (TPSA) is 107 Å². The van der Waals surface area contributed by atoms with E-state index in [9.17, 15) is 9.59 Å². The van der Waals surface area contributed by atoms with Crippen LogP contribution in [0.3, 0.4) is 0 Å². The van der Waals surface area contributed by atoms with Gasteiger partial charge in [-0.05, 0) is 54.8 Å². The Kier molecular flexibility index (Phi) is 7.01. The van der Waals surface area contributed by atoms with Gasteiger partial charge in [-0.2, -0.15) is 0 Å². The van der Waals surface area contributed by atoms with Crippen molar-refractivity contribution in [3.8, 4) is 27.8 Å². The van der Waals surface area contributed by atoms with Crippen LogP contribution in [-0.2, 0) is 4.79 Å². The number of ether oxygens (including phenoxy) is 1. The zero-order chi connectivity index (χ0) is 24.9. The highest BCUT2D eigenvalue weighted by Crippen LogP contribution is 2.31. The molecule has 182 valence electrons. The molecule has 0 aliphatic rings. The van der Waals surface area contributed by atoms with Gasteiger partial charge in [0.2, 0.25) is 5.91 Å². The van der Waals surface area contributed by atoms with Crippen LogP contribution in [0, 0.1) is 0 Å². The van der Waals surface area contributed by atoms with E-state index in [0.717, 1.165) is 16.3 Å². The lowest BCUT2D eigenvalue weighted by Gasteiger charge is -2.11. The van der Waals surface area contributed by atoms with Crippen LogP contribution in [0.25, 0.3) is 22.1 Å². The van der Waals surface area contributed by atoms with E-state index in [2.05, 4.69) is 20.6 Å². The molecule has 36 heavy (non-hydrogen) atoms. The lowest BCUT2D eigenvalue weighted by Crippen LogP contribution is -2.15. The van der Waals surface area contributed by atoms with Crippen LogP contribution in [0.2, 0.25) is 0 Å². The van der Waals surface area contributed by atoms with E-state index in [1.54, 1.807) is 23.5 Å². The van der Waals surface area contributed by atoms with Gasteiger partial charge in [0.05, 0.1) is 28.6 Å². The summed E-state index contributed by atoms with van der Waals surface area (Å²) < 4.78 is 8.86. The number of rotatable bonds is 9. The Bertz CT molecular complexity index is 1510. The minimum absolute atomic E-state index is 0.0815. The Hall–Kier alpha value is -4.09. The fourth-order valence-electron chi connectivity index (χ4n) is 3.56. The normalized spacial score (nSPS) is 10.9. The van der Waals surface area contributed by atoms with Gasteiger partial charge in [-0.3, -0.25) is 19.3 Å². The summed E-state index contributed by atoms with van der Waals surface area (Å²) in [6.07, 6.45) is 0. The van der Waals surface area contributed by atoms with Crippen LogP contribution in [0.4, 0.5) is 5.82 Å². The number of hydrogen-bond acceptors (Lipinski definition) is 7. The number of nitrogens with one attached hydrogen (secondary N) is 2. The number of nitrogens with zero attached hydrogens (tertiary/aromatic N) is 4. The third-order valence-electron chi connectivity index (χ3n) is 5.12. The first-order chi connectivity index (χ1) is 17.6. The minimum Gasteiger partial charge on any atom is -0.494 e. The van der Waals surface area contributed by atoms with Crippen molar-refractivity contribution in [2.45, 2.75) is 12.1 Å². The van der Waals surface area contributed by atoms with E-state index in [1.165, 1.54) is 22.5 Å². The van der Waals surface area contributed by atoms with Crippen LogP contribution in [0.1, 0.15) is 6.92 Å². The Balaban J connectivity index is 1.34. The number of benzene rings is 2. The summed E-state index contributed by atoms with van der Waals surface area (Å²) in [4.78, 5) is 26.0. The molecule has 0 aliphatic heterocycles. The lowest BCUT2D eigenvalue weighted by atomic mass is 10.3. The van der Waals surface area contributed by atoms with E-state index in [0.29, 0.717) is 29.1 Å². The monoisotopic (exact) mass is 518 g/mol. The molecule has 0 saturated heterocycles. The van der Waals surface area contributed by atoms with Crippen LogP contribution < -0.4 is 15.6 Å². The summed E-state index contributed by atoms with van der Waals surface area (Å²) in [6, 6.07) is 22.1. The molecule has 0 aliphatic carbocycles. The van der Waals surface area contributed by atoms with Gasteiger partial charge in [-0.1, -0.05) is 36.0 Å². The first-order valence-electron chi connectivity index (χ1n) is 11.1. The Morgan fingerprint density at radius 3 is 2.58 bits per heavy atom. The molecule has 0 saturated carbocycles. The van der Waals surface area contributed by atoms with Gasteiger partial charge in [-0.15, -0.1) is 21.5 Å². The van der Waals surface area contributed by atoms with Crippen molar-refractivity contribution >= 4 is 34.8 Å². The summed E-state index contributed by atoms with van der Waals surface area (Å²) in [6.45, 7) is 2.53. The quantitative estimate of drug-likeness (QED) is 0.276. The summed E-state index contributed by atoms with van der Waals surface area (Å²) >= 11 is 2.83. The number of H-pyrrole nitrogens is 1. The van der Waals surface area contributed by atoms with Crippen LogP contribution >= 0.6 is 23.1 Å². The lowest BCUT2D eigenvalue weighted by molar-refractivity contribution is -0.113. The third kappa shape index (κ3) is 5.11. The molecule has 1 amide bonds. The fraction of sp³-hybridized carbons (Fsp3) is 0.120. The van der Waals surface area contributed by atoms with Gasteiger partial charge < -0.3 is 10.1 Å². The first-order valence-corrected chi connectivity index (χ1v) is 13.0. The van der Waals surface area contributed by atoms with E-state index in [-0.39, 0.29) is 17.2 Å². The van der Waals surface area contributed by atoms with Gasteiger partial charge in [0.25, 0.3) is 5.56 Å². The second kappa shape index (κ2) is 10.7. The molecule has 0 fully saturated rings. The molecule has 0 spiro atoms. The van der Waals surface area contributed by atoms with Crippen molar-refractivity contribution in [1.82, 2.24) is 24.5 Å². The molecule has 0 unspecified atom stereocenters. The average molecular weight is 519 g/mol. The standard InChI is InChI=1S/C25H22N6O3S2/c1-2-34-19-12-10-17(11-13-19)30-24(20-9-6-14-35-20)27-28-25(30)36-16-22(32)26-21-15-23(33)31(29-21)18-7-4-3-5-8-18/h3-15,29H,2,16H2,1H3,(H,26,32). The molecule has 11 heteroatoms. The summed E-state index contributed by atoms with van der Waals surface area (Å²) in [5.74, 6) is 1.60. The van der Waals surface area contributed by atoms with Crippen molar-refractivity contribution in [2.75, 3.05) is 17.7 Å². The van der Waals surface area contributed by atoms with Gasteiger partial charge in [0.1, 0.15) is 11.6 Å². The maximum Gasteiger partial charge on any atom is 0.273 e. The Labute approximate surface area is 214 Å². The number of carbonyl (C=O) groups is 1. The molecular weight excluding hydrogens is 496 g/mol. The molecule has 2 N–H and O–H groups in total. The number of aromatic nitrogens is 5. The van der Waals surface area contributed by atoms with Crippen LogP contribution in [0.15, 0.2) is 88.1 Å². The van der Waals surface area contributed by atoms with Gasteiger partial charge in [0, 0.05) is 6.07 Å². The number of thiophene rings is 1. The minimum atomic E-state index is -0.277. The van der Waals surface area contributed by atoms with Crippen LogP contribution in [0.5, 0.6) is 5.75 Å².